The third kappa shape index (κ3) is 3.04. The summed E-state index contributed by atoms with van der Waals surface area (Å²) in [6.45, 7) is 6.50. The van der Waals surface area contributed by atoms with Crippen molar-refractivity contribution >= 4 is 5.91 Å². The molecule has 0 spiro atoms. The molecule has 2 N–H and O–H groups in total. The van der Waals surface area contributed by atoms with E-state index in [2.05, 4.69) is 15.5 Å². The number of hydrogen-bond donors (Lipinski definition) is 2. The number of nitrogens with zero attached hydrogens (tertiary/aromatic N) is 1. The summed E-state index contributed by atoms with van der Waals surface area (Å²) in [4.78, 5) is 14.4. The first-order valence-corrected chi connectivity index (χ1v) is 7.53. The highest BCUT2D eigenvalue weighted by Crippen LogP contribution is 2.54. The monoisotopic (exact) mass is 251 g/mol. The zero-order valence-electron chi connectivity index (χ0n) is 11.2. The Morgan fingerprint density at radius 3 is 2.61 bits per heavy atom. The molecule has 1 heterocycles. The Morgan fingerprint density at radius 2 is 1.89 bits per heavy atom. The smallest absolute Gasteiger partial charge is 0.223 e. The molecule has 1 aliphatic heterocycles. The maximum atomic E-state index is 11.9. The van der Waals surface area contributed by atoms with Crippen LogP contribution in [0.4, 0.5) is 0 Å². The van der Waals surface area contributed by atoms with E-state index in [0.717, 1.165) is 70.4 Å². The summed E-state index contributed by atoms with van der Waals surface area (Å²) in [5.41, 5.74) is 0. The number of nitrogens with one attached hydrogen (secondary N) is 2. The summed E-state index contributed by atoms with van der Waals surface area (Å²) < 4.78 is 0. The molecule has 4 heteroatoms. The molecular weight excluding hydrogens is 226 g/mol. The Morgan fingerprint density at radius 1 is 1.17 bits per heavy atom. The van der Waals surface area contributed by atoms with E-state index < -0.39 is 0 Å². The van der Waals surface area contributed by atoms with Crippen molar-refractivity contribution in [2.75, 3.05) is 39.3 Å². The van der Waals surface area contributed by atoms with Gasteiger partial charge in [-0.1, -0.05) is 0 Å². The molecule has 2 saturated carbocycles. The Bertz CT molecular complexity index is 291. The zero-order chi connectivity index (χ0) is 12.4. The molecule has 0 bridgehead atoms. The molecule has 2 aliphatic carbocycles. The summed E-state index contributed by atoms with van der Waals surface area (Å²) in [6.07, 6.45) is 4.81. The molecule has 0 radical (unpaired) electrons. The van der Waals surface area contributed by atoms with Crippen LogP contribution in [0.25, 0.3) is 0 Å². The van der Waals surface area contributed by atoms with Crippen LogP contribution in [-0.2, 0) is 4.79 Å². The highest BCUT2D eigenvalue weighted by molar-refractivity contribution is 5.79. The Kier molecular flexibility index (Phi) is 3.85. The van der Waals surface area contributed by atoms with Crippen LogP contribution in [-0.4, -0.2) is 50.1 Å². The largest absolute Gasteiger partial charge is 0.356 e. The van der Waals surface area contributed by atoms with Gasteiger partial charge < -0.3 is 15.5 Å². The van der Waals surface area contributed by atoms with Crippen molar-refractivity contribution in [1.82, 2.24) is 15.5 Å². The first-order chi connectivity index (χ1) is 8.83. The standard InChI is InChI=1S/C14H25N3O/c18-14(13-9-11-8-12(11)10-13)16-2-1-5-17-6-3-15-4-7-17/h11-13,15H,1-10H2,(H,16,18). The van der Waals surface area contributed by atoms with Gasteiger partial charge in [-0.2, -0.15) is 0 Å². The quantitative estimate of drug-likeness (QED) is 0.697. The van der Waals surface area contributed by atoms with Crippen molar-refractivity contribution < 1.29 is 4.79 Å². The fourth-order valence-corrected chi connectivity index (χ4v) is 3.52. The van der Waals surface area contributed by atoms with E-state index in [1.807, 2.05) is 0 Å². The second-order valence-electron chi connectivity index (χ2n) is 6.16. The van der Waals surface area contributed by atoms with E-state index in [1.165, 1.54) is 6.42 Å². The first kappa shape index (κ1) is 12.4. The molecule has 0 aromatic heterocycles. The summed E-state index contributed by atoms with van der Waals surface area (Å²) in [5, 5.41) is 6.48. The van der Waals surface area contributed by atoms with Crippen LogP contribution in [0.5, 0.6) is 0 Å². The van der Waals surface area contributed by atoms with Gasteiger partial charge in [0, 0.05) is 38.6 Å². The Hall–Kier alpha value is -0.610. The minimum Gasteiger partial charge on any atom is -0.356 e. The maximum Gasteiger partial charge on any atom is 0.223 e. The van der Waals surface area contributed by atoms with Crippen LogP contribution < -0.4 is 10.6 Å². The van der Waals surface area contributed by atoms with Gasteiger partial charge in [0.25, 0.3) is 0 Å². The van der Waals surface area contributed by atoms with Crippen molar-refractivity contribution in [2.24, 2.45) is 17.8 Å². The number of piperazine rings is 1. The molecule has 1 amide bonds. The van der Waals surface area contributed by atoms with Crippen LogP contribution in [0.1, 0.15) is 25.7 Å². The van der Waals surface area contributed by atoms with Gasteiger partial charge in [0.2, 0.25) is 5.91 Å². The topological polar surface area (TPSA) is 44.4 Å². The number of carbonyl (C=O) groups is 1. The highest BCUT2D eigenvalue weighted by atomic mass is 16.1. The number of hydrogen-bond acceptors (Lipinski definition) is 3. The van der Waals surface area contributed by atoms with Crippen LogP contribution in [0.15, 0.2) is 0 Å². The van der Waals surface area contributed by atoms with Gasteiger partial charge >= 0.3 is 0 Å². The van der Waals surface area contributed by atoms with Gasteiger partial charge in [0.15, 0.2) is 0 Å². The predicted octanol–water partition coefficient (Wildman–Crippen LogP) is 0.444. The van der Waals surface area contributed by atoms with Crippen molar-refractivity contribution in [3.63, 3.8) is 0 Å². The highest BCUT2D eigenvalue weighted by Gasteiger charge is 2.47. The first-order valence-electron chi connectivity index (χ1n) is 7.53. The number of carbonyl (C=O) groups excluding carboxylic acids is 1. The average Bonchev–Trinajstić information content (AvgIpc) is 3.02. The molecule has 0 aromatic carbocycles. The molecule has 4 nitrogen and oxygen atoms in total. The van der Waals surface area contributed by atoms with E-state index in [-0.39, 0.29) is 0 Å². The minimum atomic E-state index is 0.322. The Labute approximate surface area is 109 Å². The lowest BCUT2D eigenvalue weighted by Crippen LogP contribution is -2.44. The lowest BCUT2D eigenvalue weighted by Gasteiger charge is -2.27. The third-order valence-electron chi connectivity index (χ3n) is 4.77. The van der Waals surface area contributed by atoms with E-state index in [4.69, 9.17) is 0 Å². The molecule has 102 valence electrons. The molecule has 0 aromatic rings. The summed E-state index contributed by atoms with van der Waals surface area (Å²) in [6, 6.07) is 0. The molecule has 3 aliphatic rings. The van der Waals surface area contributed by atoms with Crippen molar-refractivity contribution in [3.05, 3.63) is 0 Å². The SMILES string of the molecule is O=C(NCCCN1CCNCC1)C1CC2CC2C1. The molecule has 2 unspecified atom stereocenters. The van der Waals surface area contributed by atoms with Gasteiger partial charge in [0.05, 0.1) is 0 Å². The number of fused-ring (bicyclic) bond motifs is 1. The Balaban J connectivity index is 1.26. The van der Waals surface area contributed by atoms with Crippen LogP contribution in [0, 0.1) is 17.8 Å². The van der Waals surface area contributed by atoms with E-state index in [9.17, 15) is 4.79 Å². The molecule has 3 fully saturated rings. The van der Waals surface area contributed by atoms with Crippen LogP contribution in [0.3, 0.4) is 0 Å². The second kappa shape index (κ2) is 5.57. The lowest BCUT2D eigenvalue weighted by molar-refractivity contribution is -0.125. The van der Waals surface area contributed by atoms with Gasteiger partial charge in [-0.15, -0.1) is 0 Å². The summed E-state index contributed by atoms with van der Waals surface area (Å²) in [7, 11) is 0. The molecular formula is C14H25N3O. The van der Waals surface area contributed by atoms with Crippen molar-refractivity contribution in [3.8, 4) is 0 Å². The van der Waals surface area contributed by atoms with E-state index >= 15 is 0 Å². The minimum absolute atomic E-state index is 0.322. The molecule has 3 rings (SSSR count). The van der Waals surface area contributed by atoms with Crippen molar-refractivity contribution in [2.45, 2.75) is 25.7 Å². The number of amides is 1. The maximum absolute atomic E-state index is 11.9. The van der Waals surface area contributed by atoms with E-state index in [0.29, 0.717) is 11.8 Å². The van der Waals surface area contributed by atoms with Gasteiger partial charge in [0.1, 0.15) is 0 Å². The fraction of sp³-hybridized carbons (Fsp3) is 0.929. The second-order valence-corrected chi connectivity index (χ2v) is 6.16. The zero-order valence-corrected chi connectivity index (χ0v) is 11.2. The van der Waals surface area contributed by atoms with Crippen LogP contribution >= 0.6 is 0 Å². The number of rotatable bonds is 5. The fourth-order valence-electron chi connectivity index (χ4n) is 3.52. The summed E-state index contributed by atoms with van der Waals surface area (Å²) >= 11 is 0. The van der Waals surface area contributed by atoms with Crippen LogP contribution in [0.2, 0.25) is 0 Å². The van der Waals surface area contributed by atoms with Crippen molar-refractivity contribution in [1.29, 1.82) is 0 Å². The molecule has 2 atom stereocenters. The van der Waals surface area contributed by atoms with Gasteiger partial charge in [-0.25, -0.2) is 0 Å². The average molecular weight is 251 g/mol. The predicted molar refractivity (Wildman–Crippen MR) is 71.3 cm³/mol. The third-order valence-corrected chi connectivity index (χ3v) is 4.77. The van der Waals surface area contributed by atoms with Gasteiger partial charge in [-0.3, -0.25) is 4.79 Å². The van der Waals surface area contributed by atoms with E-state index in [1.54, 1.807) is 0 Å². The molecule has 18 heavy (non-hydrogen) atoms. The normalized spacial score (nSPS) is 35.2. The van der Waals surface area contributed by atoms with Gasteiger partial charge in [-0.05, 0) is 44.1 Å². The summed E-state index contributed by atoms with van der Waals surface area (Å²) in [5.74, 6) is 2.47. The lowest BCUT2D eigenvalue weighted by atomic mass is 10.0. The molecule has 1 saturated heterocycles.